The zero-order chi connectivity index (χ0) is 12.6. The van der Waals surface area contributed by atoms with Gasteiger partial charge in [-0.1, -0.05) is 0 Å². The molecule has 6 heteroatoms. The summed E-state index contributed by atoms with van der Waals surface area (Å²) in [7, 11) is -3.73. The second-order valence-corrected chi connectivity index (χ2v) is 6.21. The van der Waals surface area contributed by atoms with Crippen LogP contribution in [0.1, 0.15) is 24.4 Å². The van der Waals surface area contributed by atoms with Crippen LogP contribution in [0.3, 0.4) is 0 Å². The SMILES string of the molecule is CS(=O)(=O)c1cc(F)c(C2CCCN2)cc1F. The second-order valence-electron chi connectivity index (χ2n) is 4.23. The Bertz CT molecular complexity index is 537. The van der Waals surface area contributed by atoms with E-state index >= 15 is 0 Å². The second kappa shape index (κ2) is 4.34. The molecule has 0 radical (unpaired) electrons. The molecule has 3 nitrogen and oxygen atoms in total. The lowest BCUT2D eigenvalue weighted by atomic mass is 10.0. The van der Waals surface area contributed by atoms with Gasteiger partial charge in [0, 0.05) is 17.9 Å². The molecule has 1 saturated heterocycles. The van der Waals surface area contributed by atoms with Crippen molar-refractivity contribution in [2.24, 2.45) is 0 Å². The molecule has 17 heavy (non-hydrogen) atoms. The minimum Gasteiger partial charge on any atom is -0.310 e. The fraction of sp³-hybridized carbons (Fsp3) is 0.455. The van der Waals surface area contributed by atoms with Crippen LogP contribution in [0.25, 0.3) is 0 Å². The normalized spacial score (nSPS) is 20.8. The average Bonchev–Trinajstić information content (AvgIpc) is 2.72. The highest BCUT2D eigenvalue weighted by Gasteiger charge is 2.24. The number of rotatable bonds is 2. The third-order valence-electron chi connectivity index (χ3n) is 2.89. The highest BCUT2D eigenvalue weighted by atomic mass is 32.2. The molecule has 2 rings (SSSR count). The van der Waals surface area contributed by atoms with Crippen molar-refractivity contribution < 1.29 is 17.2 Å². The van der Waals surface area contributed by atoms with Gasteiger partial charge in [-0.15, -0.1) is 0 Å². The zero-order valence-electron chi connectivity index (χ0n) is 9.33. The highest BCUT2D eigenvalue weighted by Crippen LogP contribution is 2.28. The predicted octanol–water partition coefficient (Wildman–Crippen LogP) is 1.79. The van der Waals surface area contributed by atoms with Gasteiger partial charge in [-0.25, -0.2) is 17.2 Å². The van der Waals surface area contributed by atoms with Gasteiger partial charge in [0.1, 0.15) is 16.5 Å². The van der Waals surface area contributed by atoms with Crippen molar-refractivity contribution in [3.8, 4) is 0 Å². The number of benzene rings is 1. The molecule has 0 saturated carbocycles. The number of hydrogen-bond acceptors (Lipinski definition) is 3. The molecule has 1 aliphatic rings. The van der Waals surface area contributed by atoms with Crippen LogP contribution < -0.4 is 5.32 Å². The predicted molar refractivity (Wildman–Crippen MR) is 59.4 cm³/mol. The molecule has 1 heterocycles. The Labute approximate surface area is 98.8 Å². The van der Waals surface area contributed by atoms with Crippen LogP contribution in [0.4, 0.5) is 8.78 Å². The van der Waals surface area contributed by atoms with E-state index in [1.807, 2.05) is 0 Å². The van der Waals surface area contributed by atoms with Gasteiger partial charge in [-0.05, 0) is 31.5 Å². The van der Waals surface area contributed by atoms with Crippen molar-refractivity contribution >= 4 is 9.84 Å². The molecule has 1 aromatic carbocycles. The van der Waals surface area contributed by atoms with E-state index < -0.39 is 26.4 Å². The van der Waals surface area contributed by atoms with Crippen molar-refractivity contribution in [2.45, 2.75) is 23.8 Å². The average molecular weight is 261 g/mol. The standard InChI is InChI=1S/C11H13F2NO2S/c1-17(15,16)11-6-8(12)7(5-9(11)13)10-3-2-4-14-10/h5-6,10,14H,2-4H2,1H3. The first-order valence-electron chi connectivity index (χ1n) is 5.32. The van der Waals surface area contributed by atoms with E-state index in [0.29, 0.717) is 0 Å². The van der Waals surface area contributed by atoms with Crippen molar-refractivity contribution in [1.82, 2.24) is 5.32 Å². The fourth-order valence-electron chi connectivity index (χ4n) is 2.05. The van der Waals surface area contributed by atoms with Crippen molar-refractivity contribution in [2.75, 3.05) is 12.8 Å². The summed E-state index contributed by atoms with van der Waals surface area (Å²) in [6.07, 6.45) is 2.49. The highest BCUT2D eigenvalue weighted by molar-refractivity contribution is 7.90. The Kier molecular flexibility index (Phi) is 3.18. The molecule has 1 unspecified atom stereocenters. The topological polar surface area (TPSA) is 46.2 Å². The van der Waals surface area contributed by atoms with E-state index in [-0.39, 0.29) is 11.6 Å². The van der Waals surface area contributed by atoms with E-state index in [1.165, 1.54) is 0 Å². The van der Waals surface area contributed by atoms with Gasteiger partial charge in [-0.3, -0.25) is 0 Å². The molecule has 1 fully saturated rings. The quantitative estimate of drug-likeness (QED) is 0.883. The molecule has 1 aliphatic heterocycles. The first-order chi connectivity index (χ1) is 7.89. The first-order valence-corrected chi connectivity index (χ1v) is 7.21. The van der Waals surface area contributed by atoms with Gasteiger partial charge in [0.15, 0.2) is 9.84 Å². The number of halogens is 2. The molecule has 0 bridgehead atoms. The maximum Gasteiger partial charge on any atom is 0.178 e. The molecular formula is C11H13F2NO2S. The lowest BCUT2D eigenvalue weighted by molar-refractivity contribution is 0.524. The Morgan fingerprint density at radius 1 is 1.29 bits per heavy atom. The van der Waals surface area contributed by atoms with Crippen molar-refractivity contribution in [3.05, 3.63) is 29.3 Å². The van der Waals surface area contributed by atoms with Crippen LogP contribution in [0.5, 0.6) is 0 Å². The summed E-state index contributed by atoms with van der Waals surface area (Å²) in [4.78, 5) is -0.586. The lowest BCUT2D eigenvalue weighted by Gasteiger charge is -2.13. The van der Waals surface area contributed by atoms with Crippen LogP contribution in [0, 0.1) is 11.6 Å². The minimum atomic E-state index is -3.73. The van der Waals surface area contributed by atoms with Gasteiger partial charge in [0.05, 0.1) is 0 Å². The summed E-state index contributed by atoms with van der Waals surface area (Å²) in [6.45, 7) is 0.763. The number of nitrogens with one attached hydrogen (secondary N) is 1. The number of hydrogen-bond donors (Lipinski definition) is 1. The minimum absolute atomic E-state index is 0.201. The van der Waals surface area contributed by atoms with E-state index in [2.05, 4.69) is 5.32 Å². The largest absolute Gasteiger partial charge is 0.310 e. The Hall–Kier alpha value is -1.01. The number of sulfone groups is 1. The van der Waals surface area contributed by atoms with Gasteiger partial charge in [-0.2, -0.15) is 0 Å². The Morgan fingerprint density at radius 3 is 2.53 bits per heavy atom. The summed E-state index contributed by atoms with van der Waals surface area (Å²) in [5.74, 6) is -1.57. The van der Waals surface area contributed by atoms with E-state index in [4.69, 9.17) is 0 Å². The van der Waals surface area contributed by atoms with Gasteiger partial charge < -0.3 is 5.32 Å². The lowest BCUT2D eigenvalue weighted by Crippen LogP contribution is -2.15. The molecule has 0 aromatic heterocycles. The molecule has 0 aliphatic carbocycles. The summed E-state index contributed by atoms with van der Waals surface area (Å²) >= 11 is 0. The molecular weight excluding hydrogens is 248 g/mol. The summed E-state index contributed by atoms with van der Waals surface area (Å²) in [5, 5.41) is 3.04. The Balaban J connectivity index is 2.48. The first kappa shape index (κ1) is 12.4. The van der Waals surface area contributed by atoms with Crippen LogP contribution in [-0.2, 0) is 9.84 Å². The third-order valence-corrected chi connectivity index (χ3v) is 4.00. The summed E-state index contributed by atoms with van der Waals surface area (Å²) in [6, 6.07) is 1.52. The van der Waals surface area contributed by atoms with Crippen molar-refractivity contribution in [3.63, 3.8) is 0 Å². The molecule has 0 amide bonds. The van der Waals surface area contributed by atoms with Crippen LogP contribution in [0.15, 0.2) is 17.0 Å². The summed E-state index contributed by atoms with van der Waals surface area (Å²) in [5.41, 5.74) is 0.201. The molecule has 1 N–H and O–H groups in total. The van der Waals surface area contributed by atoms with E-state index in [1.54, 1.807) is 0 Å². The van der Waals surface area contributed by atoms with Crippen LogP contribution >= 0.6 is 0 Å². The monoisotopic (exact) mass is 261 g/mol. The molecule has 1 atom stereocenters. The van der Waals surface area contributed by atoms with Crippen LogP contribution in [-0.4, -0.2) is 21.2 Å². The van der Waals surface area contributed by atoms with E-state index in [9.17, 15) is 17.2 Å². The smallest absolute Gasteiger partial charge is 0.178 e. The maximum atomic E-state index is 13.7. The molecule has 0 spiro atoms. The maximum absolute atomic E-state index is 13.7. The van der Waals surface area contributed by atoms with Gasteiger partial charge >= 0.3 is 0 Å². The Morgan fingerprint density at radius 2 is 2.00 bits per heavy atom. The van der Waals surface area contributed by atoms with Gasteiger partial charge in [0.25, 0.3) is 0 Å². The van der Waals surface area contributed by atoms with Crippen molar-refractivity contribution in [1.29, 1.82) is 0 Å². The molecule has 1 aromatic rings. The van der Waals surface area contributed by atoms with Crippen LogP contribution in [0.2, 0.25) is 0 Å². The van der Waals surface area contributed by atoms with Gasteiger partial charge in [0.2, 0.25) is 0 Å². The molecule has 94 valence electrons. The van der Waals surface area contributed by atoms with E-state index in [0.717, 1.165) is 37.8 Å². The summed E-state index contributed by atoms with van der Waals surface area (Å²) < 4.78 is 49.8. The zero-order valence-corrected chi connectivity index (χ0v) is 10.2. The third kappa shape index (κ3) is 2.47. The fourth-order valence-corrected chi connectivity index (χ4v) is 2.78.